The molecule has 0 aliphatic carbocycles. The van der Waals surface area contributed by atoms with Crippen LogP contribution in [0.25, 0.3) is 0 Å². The smallest absolute Gasteiger partial charge is 0.317 e. The number of rotatable bonds is 2. The van der Waals surface area contributed by atoms with E-state index in [0.29, 0.717) is 5.41 Å². The minimum Gasteiger partial charge on any atom is -0.381 e. The third-order valence-corrected chi connectivity index (χ3v) is 5.52. The summed E-state index contributed by atoms with van der Waals surface area (Å²) in [6, 6.07) is 6.52. The third kappa shape index (κ3) is 3.52. The van der Waals surface area contributed by atoms with Gasteiger partial charge in [-0.3, -0.25) is 0 Å². The number of nitrogens with zero attached hydrogens (tertiary/aromatic N) is 1. The number of hydrogen-bond acceptors (Lipinski definition) is 2. The quantitative estimate of drug-likeness (QED) is 0.906. The maximum Gasteiger partial charge on any atom is 0.317 e. The molecule has 2 saturated heterocycles. The summed E-state index contributed by atoms with van der Waals surface area (Å²) in [4.78, 5) is 14.6. The topological polar surface area (TPSA) is 41.6 Å². The predicted octanol–water partition coefficient (Wildman–Crippen LogP) is 3.58. The molecule has 4 nitrogen and oxygen atoms in total. The van der Waals surface area contributed by atoms with Crippen molar-refractivity contribution in [1.29, 1.82) is 0 Å². The van der Waals surface area contributed by atoms with Crippen LogP contribution in [-0.2, 0) is 4.74 Å². The zero-order valence-corrected chi connectivity index (χ0v) is 14.5. The van der Waals surface area contributed by atoms with Gasteiger partial charge in [-0.15, -0.1) is 0 Å². The van der Waals surface area contributed by atoms with Gasteiger partial charge >= 0.3 is 6.03 Å². The van der Waals surface area contributed by atoms with Crippen LogP contribution in [0, 0.1) is 19.3 Å². The molecule has 1 unspecified atom stereocenters. The van der Waals surface area contributed by atoms with E-state index in [9.17, 15) is 4.79 Å². The van der Waals surface area contributed by atoms with E-state index in [1.165, 1.54) is 16.7 Å². The van der Waals surface area contributed by atoms with Crippen LogP contribution in [0.4, 0.5) is 4.79 Å². The average Bonchev–Trinajstić information content (AvgIpc) is 2.94. The molecule has 0 saturated carbocycles. The van der Waals surface area contributed by atoms with Crippen LogP contribution in [0.15, 0.2) is 18.2 Å². The normalized spacial score (nSPS) is 21.4. The number of amides is 2. The molecule has 2 aliphatic heterocycles. The minimum atomic E-state index is 0.0358. The molecule has 126 valence electrons. The first-order chi connectivity index (χ1) is 11.0. The summed E-state index contributed by atoms with van der Waals surface area (Å²) >= 11 is 0. The van der Waals surface area contributed by atoms with E-state index in [2.05, 4.69) is 44.3 Å². The number of benzene rings is 1. The molecule has 2 aliphatic rings. The Hall–Kier alpha value is -1.55. The fourth-order valence-electron chi connectivity index (χ4n) is 3.90. The Morgan fingerprint density at radius 2 is 2.00 bits per heavy atom. The van der Waals surface area contributed by atoms with Crippen LogP contribution in [0.3, 0.4) is 0 Å². The van der Waals surface area contributed by atoms with Crippen molar-refractivity contribution in [3.8, 4) is 0 Å². The summed E-state index contributed by atoms with van der Waals surface area (Å²) in [7, 11) is 0. The van der Waals surface area contributed by atoms with E-state index in [0.717, 1.165) is 45.6 Å². The highest BCUT2D eigenvalue weighted by atomic mass is 16.5. The molecule has 23 heavy (non-hydrogen) atoms. The fraction of sp³-hybridized carbons (Fsp3) is 0.632. The van der Waals surface area contributed by atoms with Crippen molar-refractivity contribution in [2.24, 2.45) is 5.41 Å². The Morgan fingerprint density at radius 3 is 2.74 bits per heavy atom. The second-order valence-electron chi connectivity index (χ2n) is 7.32. The van der Waals surface area contributed by atoms with Crippen LogP contribution in [0.5, 0.6) is 0 Å². The third-order valence-electron chi connectivity index (χ3n) is 5.52. The first kappa shape index (κ1) is 16.3. The monoisotopic (exact) mass is 316 g/mol. The van der Waals surface area contributed by atoms with Crippen LogP contribution in [0.2, 0.25) is 0 Å². The summed E-state index contributed by atoms with van der Waals surface area (Å²) in [6.07, 6.45) is 3.29. The van der Waals surface area contributed by atoms with Crippen molar-refractivity contribution in [3.63, 3.8) is 0 Å². The number of urea groups is 1. The molecule has 1 N–H and O–H groups in total. The van der Waals surface area contributed by atoms with Crippen molar-refractivity contribution in [3.05, 3.63) is 34.9 Å². The fourth-order valence-corrected chi connectivity index (χ4v) is 3.90. The number of nitrogens with one attached hydrogen (secondary N) is 1. The van der Waals surface area contributed by atoms with Gasteiger partial charge in [0.05, 0.1) is 6.04 Å². The standard InChI is InChI=1S/C19H28N2O2/c1-14-4-5-15(2)17(12-14)16(3)20-18(22)21-9-6-19(13-21)7-10-23-11-8-19/h4-5,12,16H,6-11,13H2,1-3H3,(H,20,22). The molecule has 4 heteroatoms. The van der Waals surface area contributed by atoms with E-state index >= 15 is 0 Å². The van der Waals surface area contributed by atoms with Gasteiger partial charge in [-0.25, -0.2) is 4.79 Å². The summed E-state index contributed by atoms with van der Waals surface area (Å²) in [5, 5.41) is 3.18. The van der Waals surface area contributed by atoms with Crippen molar-refractivity contribution in [1.82, 2.24) is 10.2 Å². The lowest BCUT2D eigenvalue weighted by molar-refractivity contribution is 0.0208. The highest BCUT2D eigenvalue weighted by Gasteiger charge is 2.41. The number of aryl methyl sites for hydroxylation is 2. The highest BCUT2D eigenvalue weighted by Crippen LogP contribution is 2.39. The van der Waals surface area contributed by atoms with Gasteiger partial charge in [-0.05, 0) is 56.6 Å². The van der Waals surface area contributed by atoms with Gasteiger partial charge < -0.3 is 15.0 Å². The Labute approximate surface area is 139 Å². The van der Waals surface area contributed by atoms with E-state index < -0.39 is 0 Å². The number of carbonyl (C=O) groups excluding carboxylic acids is 1. The first-order valence-corrected chi connectivity index (χ1v) is 8.69. The zero-order valence-electron chi connectivity index (χ0n) is 14.5. The van der Waals surface area contributed by atoms with E-state index in [1.807, 2.05) is 4.90 Å². The lowest BCUT2D eigenvalue weighted by Crippen LogP contribution is -2.42. The van der Waals surface area contributed by atoms with Crippen LogP contribution >= 0.6 is 0 Å². The first-order valence-electron chi connectivity index (χ1n) is 8.69. The summed E-state index contributed by atoms with van der Waals surface area (Å²) in [5.74, 6) is 0. The van der Waals surface area contributed by atoms with Crippen LogP contribution in [-0.4, -0.2) is 37.2 Å². The maximum absolute atomic E-state index is 12.6. The SMILES string of the molecule is Cc1ccc(C)c(C(C)NC(=O)N2CCC3(CCOCC3)C2)c1. The van der Waals surface area contributed by atoms with Crippen molar-refractivity contribution in [2.75, 3.05) is 26.3 Å². The molecule has 1 atom stereocenters. The molecule has 0 radical (unpaired) electrons. The van der Waals surface area contributed by atoms with Gasteiger partial charge in [0.1, 0.15) is 0 Å². The summed E-state index contributed by atoms with van der Waals surface area (Å²) < 4.78 is 5.48. The molecule has 3 rings (SSSR count). The van der Waals surface area contributed by atoms with Gasteiger partial charge in [-0.2, -0.15) is 0 Å². The average molecular weight is 316 g/mol. The van der Waals surface area contributed by atoms with Gasteiger partial charge in [0.25, 0.3) is 0 Å². The van der Waals surface area contributed by atoms with E-state index in [4.69, 9.17) is 4.74 Å². The van der Waals surface area contributed by atoms with Gasteiger partial charge in [0.15, 0.2) is 0 Å². The van der Waals surface area contributed by atoms with E-state index in [1.54, 1.807) is 0 Å². The van der Waals surface area contributed by atoms with Crippen molar-refractivity contribution >= 4 is 6.03 Å². The van der Waals surface area contributed by atoms with Crippen molar-refractivity contribution < 1.29 is 9.53 Å². The molecule has 0 aromatic heterocycles. The summed E-state index contributed by atoms with van der Waals surface area (Å²) in [6.45, 7) is 9.69. The predicted molar refractivity (Wildman–Crippen MR) is 91.5 cm³/mol. The number of carbonyl (C=O) groups is 1. The second-order valence-corrected chi connectivity index (χ2v) is 7.32. The lowest BCUT2D eigenvalue weighted by Gasteiger charge is -2.33. The summed E-state index contributed by atoms with van der Waals surface area (Å²) in [5.41, 5.74) is 3.97. The van der Waals surface area contributed by atoms with Crippen molar-refractivity contribution in [2.45, 2.75) is 46.1 Å². The number of likely N-dealkylation sites (tertiary alicyclic amines) is 1. The molecule has 2 amide bonds. The number of ether oxygens (including phenoxy) is 1. The molecule has 1 aromatic rings. The molecule has 1 aromatic carbocycles. The largest absolute Gasteiger partial charge is 0.381 e. The van der Waals surface area contributed by atoms with Gasteiger partial charge in [0, 0.05) is 26.3 Å². The molecule has 1 spiro atoms. The molecule has 2 heterocycles. The van der Waals surface area contributed by atoms with Gasteiger partial charge in [-0.1, -0.05) is 23.8 Å². The maximum atomic E-state index is 12.6. The lowest BCUT2D eigenvalue weighted by atomic mass is 9.80. The van der Waals surface area contributed by atoms with Crippen LogP contribution < -0.4 is 5.32 Å². The van der Waals surface area contributed by atoms with Crippen LogP contribution in [0.1, 0.15) is 48.9 Å². The molecular formula is C19H28N2O2. The Kier molecular flexibility index (Phi) is 4.62. The molecule has 0 bridgehead atoms. The molecular weight excluding hydrogens is 288 g/mol. The Morgan fingerprint density at radius 1 is 1.26 bits per heavy atom. The van der Waals surface area contributed by atoms with Gasteiger partial charge in [0.2, 0.25) is 0 Å². The second kappa shape index (κ2) is 6.52. The Balaban J connectivity index is 1.62. The zero-order chi connectivity index (χ0) is 16.4. The van der Waals surface area contributed by atoms with E-state index in [-0.39, 0.29) is 12.1 Å². The highest BCUT2D eigenvalue weighted by molar-refractivity contribution is 5.75. The molecule has 2 fully saturated rings. The number of hydrogen-bond donors (Lipinski definition) is 1. The minimum absolute atomic E-state index is 0.0358. The Bertz CT molecular complexity index is 579.